The number of fused-ring (bicyclic) bond motifs is 1. The summed E-state index contributed by atoms with van der Waals surface area (Å²) in [5.74, 6) is 0.862. The molecule has 0 spiro atoms. The average Bonchev–Trinajstić information content (AvgIpc) is 2.85. The first-order valence-corrected chi connectivity index (χ1v) is 6.54. The lowest BCUT2D eigenvalue weighted by Gasteiger charge is -2.22. The van der Waals surface area contributed by atoms with Gasteiger partial charge in [0.05, 0.1) is 17.4 Å². The minimum atomic E-state index is 0.862. The number of imidazole rings is 1. The second-order valence-electron chi connectivity index (χ2n) is 5.01. The van der Waals surface area contributed by atoms with Crippen LogP contribution in [0.25, 0.3) is 11.0 Å². The van der Waals surface area contributed by atoms with Crippen LogP contribution in [0.4, 0.5) is 0 Å². The number of aromatic amines is 1. The van der Waals surface area contributed by atoms with Crippen molar-refractivity contribution in [2.24, 2.45) is 5.92 Å². The molecule has 17 heavy (non-hydrogen) atoms. The van der Waals surface area contributed by atoms with Gasteiger partial charge in [-0.1, -0.05) is 6.07 Å². The molecule has 1 fully saturated rings. The predicted molar refractivity (Wildman–Crippen MR) is 70.0 cm³/mol. The van der Waals surface area contributed by atoms with E-state index in [9.17, 15) is 0 Å². The summed E-state index contributed by atoms with van der Waals surface area (Å²) in [5, 5.41) is 3.48. The molecule has 1 aromatic carbocycles. The van der Waals surface area contributed by atoms with Gasteiger partial charge in [-0.05, 0) is 62.4 Å². The van der Waals surface area contributed by atoms with Gasteiger partial charge >= 0.3 is 0 Å². The lowest BCUT2D eigenvalue weighted by Crippen LogP contribution is -2.29. The molecule has 1 aliphatic rings. The maximum Gasteiger partial charge on any atom is 0.0931 e. The lowest BCUT2D eigenvalue weighted by molar-refractivity contribution is 0.358. The Morgan fingerprint density at radius 2 is 2.35 bits per heavy atom. The number of nitrogens with zero attached hydrogens (tertiary/aromatic N) is 1. The van der Waals surface area contributed by atoms with E-state index in [-0.39, 0.29) is 0 Å². The molecular weight excluding hydrogens is 210 g/mol. The maximum absolute atomic E-state index is 4.24. The number of H-pyrrole nitrogens is 1. The Hall–Kier alpha value is -1.35. The maximum atomic E-state index is 4.24. The molecule has 1 unspecified atom stereocenters. The number of hydrogen-bond acceptors (Lipinski definition) is 2. The molecular formula is C14H19N3. The molecule has 1 aliphatic heterocycles. The Kier molecular flexibility index (Phi) is 3.10. The number of benzene rings is 1. The van der Waals surface area contributed by atoms with Crippen LogP contribution in [0.15, 0.2) is 24.5 Å². The fourth-order valence-electron chi connectivity index (χ4n) is 2.68. The van der Waals surface area contributed by atoms with Gasteiger partial charge in [-0.2, -0.15) is 0 Å². The summed E-state index contributed by atoms with van der Waals surface area (Å²) < 4.78 is 0. The van der Waals surface area contributed by atoms with Gasteiger partial charge in [0.25, 0.3) is 0 Å². The quantitative estimate of drug-likeness (QED) is 0.849. The molecule has 1 aromatic heterocycles. The SMILES string of the molecule is c1nc2ccc(CCC3CCCNC3)cc2[nH]1. The van der Waals surface area contributed by atoms with Crippen molar-refractivity contribution in [2.45, 2.75) is 25.7 Å². The van der Waals surface area contributed by atoms with Crippen molar-refractivity contribution in [2.75, 3.05) is 13.1 Å². The highest BCUT2D eigenvalue weighted by Gasteiger charge is 2.12. The van der Waals surface area contributed by atoms with Crippen LogP contribution in [0, 0.1) is 5.92 Å². The summed E-state index contributed by atoms with van der Waals surface area (Å²) in [7, 11) is 0. The first kappa shape index (κ1) is 10.8. The van der Waals surface area contributed by atoms with Crippen molar-refractivity contribution >= 4 is 11.0 Å². The van der Waals surface area contributed by atoms with E-state index in [1.165, 1.54) is 44.3 Å². The number of nitrogens with one attached hydrogen (secondary N) is 2. The van der Waals surface area contributed by atoms with Crippen molar-refractivity contribution in [1.29, 1.82) is 0 Å². The number of hydrogen-bond donors (Lipinski definition) is 2. The van der Waals surface area contributed by atoms with Crippen molar-refractivity contribution in [1.82, 2.24) is 15.3 Å². The second-order valence-corrected chi connectivity index (χ2v) is 5.01. The van der Waals surface area contributed by atoms with Gasteiger partial charge < -0.3 is 10.3 Å². The largest absolute Gasteiger partial charge is 0.345 e. The molecule has 3 rings (SSSR count). The summed E-state index contributed by atoms with van der Waals surface area (Å²) in [6.45, 7) is 2.41. The van der Waals surface area contributed by atoms with Crippen LogP contribution in [-0.4, -0.2) is 23.1 Å². The number of rotatable bonds is 3. The van der Waals surface area contributed by atoms with Crippen molar-refractivity contribution in [3.63, 3.8) is 0 Å². The third-order valence-corrected chi connectivity index (χ3v) is 3.72. The predicted octanol–water partition coefficient (Wildman–Crippen LogP) is 2.50. The lowest BCUT2D eigenvalue weighted by atomic mass is 9.93. The topological polar surface area (TPSA) is 40.7 Å². The highest BCUT2D eigenvalue weighted by Crippen LogP contribution is 2.19. The van der Waals surface area contributed by atoms with E-state index in [1.54, 1.807) is 6.33 Å². The zero-order valence-corrected chi connectivity index (χ0v) is 10.1. The molecule has 2 aromatic rings. The Bertz CT molecular complexity index is 483. The molecule has 2 heterocycles. The van der Waals surface area contributed by atoms with Crippen LogP contribution in [0.2, 0.25) is 0 Å². The van der Waals surface area contributed by atoms with Crippen molar-refractivity contribution < 1.29 is 0 Å². The van der Waals surface area contributed by atoms with Gasteiger partial charge in [-0.3, -0.25) is 0 Å². The molecule has 3 heteroatoms. The monoisotopic (exact) mass is 229 g/mol. The van der Waals surface area contributed by atoms with Gasteiger partial charge in [0.15, 0.2) is 0 Å². The second kappa shape index (κ2) is 4.88. The summed E-state index contributed by atoms with van der Waals surface area (Å²) in [6.07, 6.45) is 6.97. The Morgan fingerprint density at radius 3 is 3.24 bits per heavy atom. The van der Waals surface area contributed by atoms with Crippen LogP contribution in [0.3, 0.4) is 0 Å². The van der Waals surface area contributed by atoms with Crippen LogP contribution in [-0.2, 0) is 6.42 Å². The van der Waals surface area contributed by atoms with Gasteiger partial charge in [0.2, 0.25) is 0 Å². The molecule has 1 atom stereocenters. The van der Waals surface area contributed by atoms with E-state index in [1.807, 2.05) is 0 Å². The van der Waals surface area contributed by atoms with Crippen LogP contribution in [0.5, 0.6) is 0 Å². The van der Waals surface area contributed by atoms with Crippen LogP contribution < -0.4 is 5.32 Å². The summed E-state index contributed by atoms with van der Waals surface area (Å²) in [4.78, 5) is 7.42. The van der Waals surface area contributed by atoms with E-state index in [0.717, 1.165) is 17.0 Å². The van der Waals surface area contributed by atoms with Gasteiger partial charge in [-0.15, -0.1) is 0 Å². The normalized spacial score (nSPS) is 20.8. The fraction of sp³-hybridized carbons (Fsp3) is 0.500. The molecule has 0 bridgehead atoms. The van der Waals surface area contributed by atoms with E-state index in [2.05, 4.69) is 33.5 Å². The van der Waals surface area contributed by atoms with Gasteiger partial charge in [0.1, 0.15) is 0 Å². The zero-order valence-electron chi connectivity index (χ0n) is 10.1. The first-order chi connectivity index (χ1) is 8.42. The Labute approximate surface area is 102 Å². The third-order valence-electron chi connectivity index (χ3n) is 3.72. The van der Waals surface area contributed by atoms with E-state index in [0.29, 0.717) is 0 Å². The van der Waals surface area contributed by atoms with E-state index in [4.69, 9.17) is 0 Å². The standard InChI is InChI=1S/C14H19N3/c1-2-12(9-15-7-1)4-3-11-5-6-13-14(8-11)17-10-16-13/h5-6,8,10,12,15H,1-4,7,9H2,(H,16,17). The number of aryl methyl sites for hydroxylation is 1. The molecule has 0 aliphatic carbocycles. The van der Waals surface area contributed by atoms with E-state index < -0.39 is 0 Å². The van der Waals surface area contributed by atoms with Crippen LogP contribution in [0.1, 0.15) is 24.8 Å². The number of piperidine rings is 1. The summed E-state index contributed by atoms with van der Waals surface area (Å²) in [6, 6.07) is 6.55. The van der Waals surface area contributed by atoms with Crippen molar-refractivity contribution in [3.8, 4) is 0 Å². The highest BCUT2D eigenvalue weighted by atomic mass is 14.9. The molecule has 1 saturated heterocycles. The highest BCUT2D eigenvalue weighted by molar-refractivity contribution is 5.74. The van der Waals surface area contributed by atoms with Gasteiger partial charge in [-0.25, -0.2) is 4.98 Å². The van der Waals surface area contributed by atoms with Crippen molar-refractivity contribution in [3.05, 3.63) is 30.1 Å². The smallest absolute Gasteiger partial charge is 0.0931 e. The summed E-state index contributed by atoms with van der Waals surface area (Å²) >= 11 is 0. The Morgan fingerprint density at radius 1 is 1.35 bits per heavy atom. The number of aromatic nitrogens is 2. The first-order valence-electron chi connectivity index (χ1n) is 6.54. The van der Waals surface area contributed by atoms with Gasteiger partial charge in [0, 0.05) is 0 Å². The van der Waals surface area contributed by atoms with E-state index >= 15 is 0 Å². The molecule has 0 saturated carbocycles. The molecule has 90 valence electrons. The molecule has 0 radical (unpaired) electrons. The zero-order chi connectivity index (χ0) is 11.5. The Balaban J connectivity index is 1.63. The average molecular weight is 229 g/mol. The minimum absolute atomic E-state index is 0.862. The molecule has 2 N–H and O–H groups in total. The fourth-order valence-corrected chi connectivity index (χ4v) is 2.68. The minimum Gasteiger partial charge on any atom is -0.345 e. The molecule has 0 amide bonds. The summed E-state index contributed by atoms with van der Waals surface area (Å²) in [5.41, 5.74) is 3.64. The third kappa shape index (κ3) is 2.50. The molecule has 3 nitrogen and oxygen atoms in total. The van der Waals surface area contributed by atoms with Crippen LogP contribution >= 0.6 is 0 Å².